The van der Waals surface area contributed by atoms with Gasteiger partial charge in [0, 0.05) is 25.0 Å². The molecule has 0 saturated heterocycles. The van der Waals surface area contributed by atoms with Crippen molar-refractivity contribution >= 4 is 39.2 Å². The Kier molecular flexibility index (Phi) is 6.36. The van der Waals surface area contributed by atoms with E-state index in [9.17, 15) is 9.59 Å². The fraction of sp³-hybridized carbons (Fsp3) is 0.286. The lowest BCUT2D eigenvalue weighted by atomic mass is 10.2. The molecule has 0 N–H and O–H groups in total. The predicted octanol–water partition coefficient (Wildman–Crippen LogP) is 4.01. The van der Waals surface area contributed by atoms with Crippen LogP contribution < -0.4 is 5.56 Å². The molecular weight excluding hydrogens is 390 g/mol. The minimum Gasteiger partial charge on any atom is -0.341 e. The molecule has 146 valence electrons. The van der Waals surface area contributed by atoms with Gasteiger partial charge in [0.2, 0.25) is 5.91 Å². The summed E-state index contributed by atoms with van der Waals surface area (Å²) in [5.74, 6) is 0.216. The van der Waals surface area contributed by atoms with E-state index in [4.69, 9.17) is 0 Å². The Labute approximate surface area is 172 Å². The summed E-state index contributed by atoms with van der Waals surface area (Å²) in [6.07, 6.45) is 1.68. The van der Waals surface area contributed by atoms with Crippen molar-refractivity contribution in [3.63, 3.8) is 0 Å². The normalized spacial score (nSPS) is 11.0. The lowest BCUT2D eigenvalue weighted by Crippen LogP contribution is -2.28. The van der Waals surface area contributed by atoms with Crippen LogP contribution in [-0.2, 0) is 17.9 Å². The number of hydrogen-bond acceptors (Lipinski definition) is 5. The first kappa shape index (κ1) is 20.4. The largest absolute Gasteiger partial charge is 0.341 e. The minimum absolute atomic E-state index is 0.00751. The molecule has 0 fully saturated rings. The number of thioether (sulfide) groups is 1. The first-order valence-corrected chi connectivity index (χ1v) is 10.7. The molecule has 0 unspecified atom stereocenters. The van der Waals surface area contributed by atoms with Crippen molar-refractivity contribution in [3.8, 4) is 0 Å². The summed E-state index contributed by atoms with van der Waals surface area (Å²) in [6.45, 7) is 8.61. The molecule has 28 heavy (non-hydrogen) atoms. The summed E-state index contributed by atoms with van der Waals surface area (Å²) in [7, 11) is 1.79. The zero-order valence-electron chi connectivity index (χ0n) is 16.3. The smallest absolute Gasteiger partial charge is 0.263 e. The number of rotatable bonds is 7. The van der Waals surface area contributed by atoms with Gasteiger partial charge in [-0.3, -0.25) is 14.2 Å². The summed E-state index contributed by atoms with van der Waals surface area (Å²) in [4.78, 5) is 33.7. The highest BCUT2D eigenvalue weighted by molar-refractivity contribution is 7.99. The summed E-state index contributed by atoms with van der Waals surface area (Å²) in [6, 6.07) is 9.86. The number of amides is 1. The fourth-order valence-electron chi connectivity index (χ4n) is 2.89. The van der Waals surface area contributed by atoms with E-state index in [1.807, 2.05) is 44.2 Å². The van der Waals surface area contributed by atoms with Crippen molar-refractivity contribution < 1.29 is 4.79 Å². The number of aromatic nitrogens is 2. The SMILES string of the molecule is C=CCn1c(SCC(=O)N(C)Cc2ccccc2)nc2sc(C)c(C)c2c1=O. The topological polar surface area (TPSA) is 55.2 Å². The van der Waals surface area contributed by atoms with E-state index < -0.39 is 0 Å². The number of carbonyl (C=O) groups excluding carboxylic acids is 1. The Morgan fingerprint density at radius 2 is 2.04 bits per heavy atom. The average molecular weight is 414 g/mol. The molecule has 0 spiro atoms. The van der Waals surface area contributed by atoms with Crippen LogP contribution in [0.2, 0.25) is 0 Å². The van der Waals surface area contributed by atoms with Crippen LogP contribution >= 0.6 is 23.1 Å². The van der Waals surface area contributed by atoms with Crippen molar-refractivity contribution in [2.75, 3.05) is 12.8 Å². The molecular formula is C21H23N3O2S2. The van der Waals surface area contributed by atoms with E-state index >= 15 is 0 Å². The lowest BCUT2D eigenvalue weighted by Gasteiger charge is -2.17. The molecule has 0 aliphatic heterocycles. The van der Waals surface area contributed by atoms with Crippen LogP contribution in [0.5, 0.6) is 0 Å². The molecule has 0 aliphatic rings. The van der Waals surface area contributed by atoms with Gasteiger partial charge in [0.05, 0.1) is 11.1 Å². The second kappa shape index (κ2) is 8.75. The second-order valence-corrected chi connectivity index (χ2v) is 8.73. The van der Waals surface area contributed by atoms with Gasteiger partial charge in [-0.25, -0.2) is 4.98 Å². The molecule has 2 heterocycles. The number of aryl methyl sites for hydroxylation is 2. The highest BCUT2D eigenvalue weighted by Crippen LogP contribution is 2.28. The maximum Gasteiger partial charge on any atom is 0.263 e. The van der Waals surface area contributed by atoms with Crippen LogP contribution in [-0.4, -0.2) is 33.2 Å². The number of allylic oxidation sites excluding steroid dienone is 1. The van der Waals surface area contributed by atoms with Gasteiger partial charge in [-0.2, -0.15) is 0 Å². The molecule has 1 amide bonds. The molecule has 7 heteroatoms. The number of nitrogens with zero attached hydrogens (tertiary/aromatic N) is 3. The first-order valence-electron chi connectivity index (χ1n) is 8.94. The third-order valence-electron chi connectivity index (χ3n) is 4.58. The molecule has 2 aromatic heterocycles. The van der Waals surface area contributed by atoms with Crippen molar-refractivity contribution in [3.05, 3.63) is 69.3 Å². The van der Waals surface area contributed by atoms with Crippen LogP contribution in [0.4, 0.5) is 0 Å². The van der Waals surface area contributed by atoms with Gasteiger partial charge in [0.25, 0.3) is 5.56 Å². The third-order valence-corrected chi connectivity index (χ3v) is 6.64. The van der Waals surface area contributed by atoms with Crippen molar-refractivity contribution in [1.29, 1.82) is 0 Å². The maximum atomic E-state index is 13.0. The highest BCUT2D eigenvalue weighted by atomic mass is 32.2. The van der Waals surface area contributed by atoms with Crippen molar-refractivity contribution in [1.82, 2.24) is 14.5 Å². The maximum absolute atomic E-state index is 13.0. The van der Waals surface area contributed by atoms with Gasteiger partial charge in [0.1, 0.15) is 4.83 Å². The summed E-state index contributed by atoms with van der Waals surface area (Å²) in [5, 5.41) is 1.22. The summed E-state index contributed by atoms with van der Waals surface area (Å²) < 4.78 is 1.60. The number of hydrogen-bond donors (Lipinski definition) is 0. The van der Waals surface area contributed by atoms with Gasteiger partial charge >= 0.3 is 0 Å². The number of benzene rings is 1. The Balaban J connectivity index is 1.81. The zero-order valence-corrected chi connectivity index (χ0v) is 17.9. The Bertz CT molecular complexity index is 1070. The molecule has 0 bridgehead atoms. The monoisotopic (exact) mass is 413 g/mol. The summed E-state index contributed by atoms with van der Waals surface area (Å²) in [5.41, 5.74) is 1.99. The van der Waals surface area contributed by atoms with E-state index in [-0.39, 0.29) is 17.2 Å². The molecule has 3 rings (SSSR count). The van der Waals surface area contributed by atoms with E-state index in [0.717, 1.165) is 20.8 Å². The van der Waals surface area contributed by atoms with E-state index in [2.05, 4.69) is 11.6 Å². The number of fused-ring (bicyclic) bond motifs is 1. The number of carbonyl (C=O) groups is 1. The van der Waals surface area contributed by atoms with Crippen LogP contribution in [0.3, 0.4) is 0 Å². The van der Waals surface area contributed by atoms with Gasteiger partial charge in [-0.1, -0.05) is 48.2 Å². The average Bonchev–Trinajstić information content (AvgIpc) is 2.97. The fourth-order valence-corrected chi connectivity index (χ4v) is 4.91. The molecule has 0 radical (unpaired) electrons. The van der Waals surface area contributed by atoms with E-state index in [0.29, 0.717) is 23.6 Å². The minimum atomic E-state index is -0.0701. The molecule has 3 aromatic rings. The standard InChI is InChI=1S/C21H23N3O2S2/c1-5-11-24-20(26)18-14(2)15(3)28-19(18)22-21(24)27-13-17(25)23(4)12-16-9-7-6-8-10-16/h5-10H,1,11-13H2,2-4H3. The third kappa shape index (κ3) is 4.20. The van der Waals surface area contributed by atoms with Crippen LogP contribution in [0.15, 0.2) is 52.9 Å². The van der Waals surface area contributed by atoms with Crippen LogP contribution in [0, 0.1) is 13.8 Å². The lowest BCUT2D eigenvalue weighted by molar-refractivity contribution is -0.127. The van der Waals surface area contributed by atoms with E-state index in [1.54, 1.807) is 22.6 Å². The molecule has 0 saturated carbocycles. The van der Waals surface area contributed by atoms with Crippen molar-refractivity contribution in [2.45, 2.75) is 32.1 Å². The molecule has 1 aromatic carbocycles. The Morgan fingerprint density at radius 1 is 1.32 bits per heavy atom. The zero-order chi connectivity index (χ0) is 20.3. The van der Waals surface area contributed by atoms with Gasteiger partial charge in [0.15, 0.2) is 5.16 Å². The van der Waals surface area contributed by atoms with Crippen molar-refractivity contribution in [2.24, 2.45) is 0 Å². The Hall–Kier alpha value is -2.38. The molecule has 5 nitrogen and oxygen atoms in total. The van der Waals surface area contributed by atoms with E-state index in [1.165, 1.54) is 23.1 Å². The number of thiophene rings is 1. The predicted molar refractivity (Wildman–Crippen MR) is 117 cm³/mol. The molecule has 0 atom stereocenters. The van der Waals surface area contributed by atoms with Crippen LogP contribution in [0.25, 0.3) is 10.2 Å². The van der Waals surface area contributed by atoms with Crippen LogP contribution in [0.1, 0.15) is 16.0 Å². The summed E-state index contributed by atoms with van der Waals surface area (Å²) >= 11 is 2.81. The highest BCUT2D eigenvalue weighted by Gasteiger charge is 2.18. The quantitative estimate of drug-likeness (QED) is 0.334. The Morgan fingerprint density at radius 3 is 2.71 bits per heavy atom. The first-order chi connectivity index (χ1) is 13.4. The molecule has 0 aliphatic carbocycles. The van der Waals surface area contributed by atoms with Gasteiger partial charge in [-0.15, -0.1) is 17.9 Å². The van der Waals surface area contributed by atoms with Gasteiger partial charge < -0.3 is 4.90 Å². The second-order valence-electron chi connectivity index (χ2n) is 6.59. The van der Waals surface area contributed by atoms with Gasteiger partial charge in [-0.05, 0) is 25.0 Å².